The highest BCUT2D eigenvalue weighted by Crippen LogP contribution is 2.32. The number of Topliss-reactive ketones (excluding diaryl/α,β-unsaturated/α-hetero) is 1. The van der Waals surface area contributed by atoms with Crippen LogP contribution in [0, 0.1) is 17.8 Å². The third-order valence-electron chi connectivity index (χ3n) is 3.17. The maximum Gasteiger partial charge on any atom is 0.133 e. The maximum absolute atomic E-state index is 11.3. The van der Waals surface area contributed by atoms with E-state index in [0.29, 0.717) is 17.6 Å². The fraction of sp³-hybridized carbons (Fsp3) is 0.909. The van der Waals surface area contributed by atoms with E-state index in [1.807, 2.05) is 7.05 Å². The summed E-state index contributed by atoms with van der Waals surface area (Å²) in [5, 5.41) is 3.19. The summed E-state index contributed by atoms with van der Waals surface area (Å²) in [6.07, 6.45) is 2.70. The highest BCUT2D eigenvalue weighted by molar-refractivity contribution is 5.79. The van der Waals surface area contributed by atoms with Crippen molar-refractivity contribution in [1.82, 2.24) is 5.32 Å². The van der Waals surface area contributed by atoms with Crippen molar-refractivity contribution in [1.29, 1.82) is 0 Å². The zero-order chi connectivity index (χ0) is 9.84. The predicted octanol–water partition coefficient (Wildman–Crippen LogP) is 1.85. The minimum absolute atomic E-state index is 0.456. The zero-order valence-electron chi connectivity index (χ0n) is 8.97. The molecule has 1 fully saturated rings. The molecule has 0 bridgehead atoms. The summed E-state index contributed by atoms with van der Waals surface area (Å²) >= 11 is 0. The van der Waals surface area contributed by atoms with Gasteiger partial charge in [-0.3, -0.25) is 4.79 Å². The first-order valence-electron chi connectivity index (χ1n) is 5.31. The fourth-order valence-electron chi connectivity index (χ4n) is 2.47. The van der Waals surface area contributed by atoms with Crippen molar-refractivity contribution in [3.05, 3.63) is 0 Å². The minimum Gasteiger partial charge on any atom is -0.319 e. The van der Waals surface area contributed by atoms with Gasteiger partial charge >= 0.3 is 0 Å². The van der Waals surface area contributed by atoms with Gasteiger partial charge in [0.05, 0.1) is 0 Å². The first-order chi connectivity index (χ1) is 6.15. The Bertz CT molecular complexity index is 177. The molecule has 0 aromatic heterocycles. The van der Waals surface area contributed by atoms with Gasteiger partial charge in [-0.2, -0.15) is 0 Å². The topological polar surface area (TPSA) is 29.1 Å². The van der Waals surface area contributed by atoms with Crippen molar-refractivity contribution >= 4 is 5.78 Å². The van der Waals surface area contributed by atoms with Crippen LogP contribution in [0.2, 0.25) is 0 Å². The molecule has 1 aliphatic carbocycles. The second-order valence-corrected chi connectivity index (χ2v) is 4.51. The van der Waals surface area contributed by atoms with Crippen LogP contribution in [0.3, 0.4) is 0 Å². The Morgan fingerprint density at radius 2 is 2.23 bits per heavy atom. The number of ketones is 1. The number of hydrogen-bond donors (Lipinski definition) is 1. The average Bonchev–Trinajstić information content (AvgIpc) is 2.04. The second-order valence-electron chi connectivity index (χ2n) is 4.51. The normalized spacial score (nSPS) is 29.7. The summed E-state index contributed by atoms with van der Waals surface area (Å²) in [7, 11) is 1.97. The molecule has 1 aliphatic rings. The molecule has 1 rings (SSSR count). The standard InChI is InChI=1S/C11H21NO/c1-8(2)11-5-4-10(13)6-9(11)7-12-3/h8-9,11-12H,4-7H2,1-3H3. The monoisotopic (exact) mass is 183 g/mol. The highest BCUT2D eigenvalue weighted by atomic mass is 16.1. The average molecular weight is 183 g/mol. The van der Waals surface area contributed by atoms with Crippen LogP contribution in [0.5, 0.6) is 0 Å². The SMILES string of the molecule is CNCC1CC(=O)CCC1C(C)C. The van der Waals surface area contributed by atoms with E-state index in [0.717, 1.165) is 31.7 Å². The van der Waals surface area contributed by atoms with E-state index in [1.54, 1.807) is 0 Å². The first kappa shape index (κ1) is 10.7. The predicted molar refractivity (Wildman–Crippen MR) is 54.6 cm³/mol. The van der Waals surface area contributed by atoms with Crippen molar-refractivity contribution < 1.29 is 4.79 Å². The third kappa shape index (κ3) is 2.80. The Kier molecular flexibility index (Phi) is 3.91. The van der Waals surface area contributed by atoms with Crippen LogP contribution in [0.25, 0.3) is 0 Å². The van der Waals surface area contributed by atoms with Crippen molar-refractivity contribution in [2.75, 3.05) is 13.6 Å². The summed E-state index contributed by atoms with van der Waals surface area (Å²) in [6, 6.07) is 0. The Balaban J connectivity index is 2.55. The number of rotatable bonds is 3. The lowest BCUT2D eigenvalue weighted by Gasteiger charge is -2.33. The molecule has 0 aromatic carbocycles. The lowest BCUT2D eigenvalue weighted by molar-refractivity contribution is -0.123. The number of hydrogen-bond acceptors (Lipinski definition) is 2. The molecule has 0 spiro atoms. The third-order valence-corrected chi connectivity index (χ3v) is 3.17. The van der Waals surface area contributed by atoms with E-state index < -0.39 is 0 Å². The molecule has 0 saturated heterocycles. The molecule has 2 nitrogen and oxygen atoms in total. The Morgan fingerprint density at radius 1 is 1.54 bits per heavy atom. The van der Waals surface area contributed by atoms with Gasteiger partial charge in [0.15, 0.2) is 0 Å². The number of carbonyl (C=O) groups is 1. The van der Waals surface area contributed by atoms with E-state index >= 15 is 0 Å². The van der Waals surface area contributed by atoms with Crippen LogP contribution >= 0.6 is 0 Å². The molecule has 76 valence electrons. The van der Waals surface area contributed by atoms with Crippen molar-refractivity contribution in [3.8, 4) is 0 Å². The van der Waals surface area contributed by atoms with Crippen molar-refractivity contribution in [2.24, 2.45) is 17.8 Å². The second kappa shape index (κ2) is 4.75. The molecular weight excluding hydrogens is 162 g/mol. The van der Waals surface area contributed by atoms with Gasteiger partial charge in [0.25, 0.3) is 0 Å². The number of nitrogens with one attached hydrogen (secondary N) is 1. The summed E-state index contributed by atoms with van der Waals surface area (Å²) in [5.74, 6) is 2.49. The van der Waals surface area contributed by atoms with Crippen LogP contribution in [-0.2, 0) is 4.79 Å². The van der Waals surface area contributed by atoms with Crippen LogP contribution in [-0.4, -0.2) is 19.4 Å². The van der Waals surface area contributed by atoms with Crippen LogP contribution in [0.4, 0.5) is 0 Å². The first-order valence-corrected chi connectivity index (χ1v) is 5.31. The van der Waals surface area contributed by atoms with Crippen molar-refractivity contribution in [2.45, 2.75) is 33.1 Å². The Labute approximate surface area is 81.1 Å². The largest absolute Gasteiger partial charge is 0.319 e. The smallest absolute Gasteiger partial charge is 0.133 e. The maximum atomic E-state index is 11.3. The van der Waals surface area contributed by atoms with Gasteiger partial charge in [0, 0.05) is 12.8 Å². The number of carbonyl (C=O) groups excluding carboxylic acids is 1. The fourth-order valence-corrected chi connectivity index (χ4v) is 2.47. The Hall–Kier alpha value is -0.370. The summed E-state index contributed by atoms with van der Waals surface area (Å²) in [6.45, 7) is 5.53. The Morgan fingerprint density at radius 3 is 2.77 bits per heavy atom. The van der Waals surface area contributed by atoms with E-state index in [4.69, 9.17) is 0 Å². The molecule has 0 heterocycles. The zero-order valence-corrected chi connectivity index (χ0v) is 8.97. The van der Waals surface area contributed by atoms with Crippen LogP contribution in [0.1, 0.15) is 33.1 Å². The molecule has 0 amide bonds. The molecule has 13 heavy (non-hydrogen) atoms. The molecule has 0 aromatic rings. The molecule has 2 atom stereocenters. The molecular formula is C11H21NO. The summed E-state index contributed by atoms with van der Waals surface area (Å²) in [5.41, 5.74) is 0. The van der Waals surface area contributed by atoms with Gasteiger partial charge < -0.3 is 5.32 Å². The van der Waals surface area contributed by atoms with E-state index in [2.05, 4.69) is 19.2 Å². The van der Waals surface area contributed by atoms with Crippen LogP contribution < -0.4 is 5.32 Å². The molecule has 2 heteroatoms. The quantitative estimate of drug-likeness (QED) is 0.723. The minimum atomic E-state index is 0.456. The van der Waals surface area contributed by atoms with Gasteiger partial charge in [0.2, 0.25) is 0 Å². The summed E-state index contributed by atoms with van der Waals surface area (Å²) < 4.78 is 0. The molecule has 1 N–H and O–H groups in total. The lowest BCUT2D eigenvalue weighted by Crippen LogP contribution is -2.34. The molecule has 1 saturated carbocycles. The lowest BCUT2D eigenvalue weighted by atomic mass is 9.73. The van der Waals surface area contributed by atoms with Gasteiger partial charge in [-0.15, -0.1) is 0 Å². The molecule has 0 radical (unpaired) electrons. The van der Waals surface area contributed by atoms with Crippen molar-refractivity contribution in [3.63, 3.8) is 0 Å². The van der Waals surface area contributed by atoms with Gasteiger partial charge in [-0.1, -0.05) is 13.8 Å². The van der Waals surface area contributed by atoms with Crippen LogP contribution in [0.15, 0.2) is 0 Å². The van der Waals surface area contributed by atoms with E-state index in [1.165, 1.54) is 0 Å². The molecule has 0 aliphatic heterocycles. The van der Waals surface area contributed by atoms with Gasteiger partial charge in [-0.05, 0) is 37.8 Å². The highest BCUT2D eigenvalue weighted by Gasteiger charge is 2.30. The molecule has 2 unspecified atom stereocenters. The summed E-state index contributed by atoms with van der Waals surface area (Å²) in [4.78, 5) is 11.3. The van der Waals surface area contributed by atoms with Gasteiger partial charge in [0.1, 0.15) is 5.78 Å². The van der Waals surface area contributed by atoms with Gasteiger partial charge in [-0.25, -0.2) is 0 Å². The van der Waals surface area contributed by atoms with E-state index in [9.17, 15) is 4.79 Å². The van der Waals surface area contributed by atoms with E-state index in [-0.39, 0.29) is 0 Å².